The van der Waals surface area contributed by atoms with Crippen LogP contribution in [0.4, 0.5) is 0 Å². The molecule has 0 aliphatic carbocycles. The van der Waals surface area contributed by atoms with E-state index in [2.05, 4.69) is 23.3 Å². The predicted molar refractivity (Wildman–Crippen MR) is 35.0 cm³/mol. The van der Waals surface area contributed by atoms with Crippen LogP contribution in [0, 0.1) is 0 Å². The predicted octanol–water partition coefficient (Wildman–Crippen LogP) is -0.0410. The van der Waals surface area contributed by atoms with Crippen molar-refractivity contribution in [2.75, 3.05) is 0 Å². The second kappa shape index (κ2) is 2.21. The summed E-state index contributed by atoms with van der Waals surface area (Å²) in [7, 11) is -0.798. The Hall–Kier alpha value is 0.813. The molecule has 0 unspecified atom stereocenters. The van der Waals surface area contributed by atoms with Gasteiger partial charge in [-0.15, -0.1) is 0 Å². The minimum absolute atomic E-state index is 0.798. The van der Waals surface area contributed by atoms with Gasteiger partial charge in [0.1, 0.15) is 0 Å². The van der Waals surface area contributed by atoms with Crippen LogP contribution in [0.15, 0.2) is 0 Å². The summed E-state index contributed by atoms with van der Waals surface area (Å²) >= 11 is 0.859. The molecule has 0 aliphatic heterocycles. The van der Waals surface area contributed by atoms with Crippen LogP contribution in [0.3, 0.4) is 0 Å². The van der Waals surface area contributed by atoms with E-state index in [4.69, 9.17) is 0 Å². The summed E-state index contributed by atoms with van der Waals surface area (Å²) in [6, 6.07) is 0. The van der Waals surface area contributed by atoms with Crippen molar-refractivity contribution in [3.05, 3.63) is 0 Å². The number of rotatable bonds is 1. The fraction of sp³-hybridized carbons (Fsp3) is 1.00. The Bertz CT molecular complexity index is 40.5. The van der Waals surface area contributed by atoms with E-state index in [1.54, 1.807) is 0 Å². The normalized spacial score (nSPS) is 11.8. The third kappa shape index (κ3) is 4.81. The standard InChI is InChI=1S/C3H10NSi.Ga.2H/c1-5(2,3)4;;;/h4H,1-3H3;;;/q-1;+1;;. The zero-order valence-corrected chi connectivity index (χ0v) is 10.2. The summed E-state index contributed by atoms with van der Waals surface area (Å²) < 4.78 is 3.43. The van der Waals surface area contributed by atoms with Crippen molar-refractivity contribution in [1.82, 2.24) is 3.69 Å². The molecule has 0 saturated carbocycles. The molecule has 0 atom stereocenters. The Morgan fingerprint density at radius 1 is 1.33 bits per heavy atom. The van der Waals surface area contributed by atoms with Gasteiger partial charge < -0.3 is 0 Å². The first-order valence-electron chi connectivity index (χ1n) is 2.25. The van der Waals surface area contributed by atoms with Crippen molar-refractivity contribution >= 4 is 27.1 Å². The minimum atomic E-state index is -0.798. The molecular formula is C3H12GaNSi. The van der Waals surface area contributed by atoms with Crippen LogP contribution in [-0.2, 0) is 0 Å². The second-order valence-electron chi connectivity index (χ2n) is 2.50. The fourth-order valence-electron chi connectivity index (χ4n) is 0. The molecule has 0 spiro atoms. The Kier molecular flexibility index (Phi) is 2.51. The molecule has 1 N–H and O–H groups in total. The van der Waals surface area contributed by atoms with E-state index in [-0.39, 0.29) is 0 Å². The van der Waals surface area contributed by atoms with E-state index < -0.39 is 8.24 Å². The van der Waals surface area contributed by atoms with Crippen LogP contribution in [0.25, 0.3) is 0 Å². The van der Waals surface area contributed by atoms with Crippen molar-refractivity contribution in [3.63, 3.8) is 0 Å². The quantitative estimate of drug-likeness (QED) is 0.530. The monoisotopic (exact) mass is 159 g/mol. The maximum absolute atomic E-state index is 3.43. The summed E-state index contributed by atoms with van der Waals surface area (Å²) in [5.74, 6) is 0. The zero-order chi connectivity index (χ0) is 5.21. The van der Waals surface area contributed by atoms with Gasteiger partial charge in [-0.25, -0.2) is 0 Å². The van der Waals surface area contributed by atoms with E-state index >= 15 is 0 Å². The van der Waals surface area contributed by atoms with Crippen LogP contribution in [0.1, 0.15) is 0 Å². The molecule has 36 valence electrons. The third-order valence-corrected chi connectivity index (χ3v) is 11.7. The van der Waals surface area contributed by atoms with Crippen LogP contribution < -0.4 is 3.69 Å². The molecule has 0 aromatic carbocycles. The molecule has 6 heavy (non-hydrogen) atoms. The van der Waals surface area contributed by atoms with Gasteiger partial charge in [-0.3, -0.25) is 0 Å². The van der Waals surface area contributed by atoms with E-state index in [1.165, 1.54) is 0 Å². The number of nitrogens with one attached hydrogen (secondary N) is 1. The van der Waals surface area contributed by atoms with Gasteiger partial charge in [-0.1, -0.05) is 0 Å². The Morgan fingerprint density at radius 3 is 1.50 bits per heavy atom. The molecule has 0 fully saturated rings. The molecule has 0 aliphatic rings. The molecule has 0 rings (SSSR count). The first-order chi connectivity index (χ1) is 2.56. The Balaban J connectivity index is 3.17. The van der Waals surface area contributed by atoms with Crippen molar-refractivity contribution in [2.24, 2.45) is 0 Å². The molecule has 0 aromatic heterocycles. The van der Waals surface area contributed by atoms with Crippen LogP contribution in [0.2, 0.25) is 19.6 Å². The van der Waals surface area contributed by atoms with Gasteiger partial charge in [0.05, 0.1) is 0 Å². The van der Waals surface area contributed by atoms with Gasteiger partial charge >= 0.3 is 50.4 Å². The molecular weight excluding hydrogens is 148 g/mol. The maximum atomic E-state index is 3.43. The van der Waals surface area contributed by atoms with E-state index in [1.807, 2.05) is 0 Å². The average molecular weight is 160 g/mol. The van der Waals surface area contributed by atoms with Crippen LogP contribution in [0.5, 0.6) is 0 Å². The first-order valence-corrected chi connectivity index (χ1v) is 7.85. The van der Waals surface area contributed by atoms with E-state index in [0.717, 1.165) is 18.8 Å². The number of hydrogen-bond donors (Lipinski definition) is 1. The second-order valence-corrected chi connectivity index (χ2v) is 10.6. The van der Waals surface area contributed by atoms with Crippen molar-refractivity contribution in [2.45, 2.75) is 19.6 Å². The van der Waals surface area contributed by atoms with Gasteiger partial charge in [0.15, 0.2) is 0 Å². The van der Waals surface area contributed by atoms with Crippen LogP contribution >= 0.6 is 0 Å². The molecule has 0 heterocycles. The summed E-state index contributed by atoms with van der Waals surface area (Å²) in [4.78, 5) is 0. The summed E-state index contributed by atoms with van der Waals surface area (Å²) in [5, 5.41) is 0. The Labute approximate surface area is 50.8 Å². The van der Waals surface area contributed by atoms with Gasteiger partial charge in [-0.05, 0) is 0 Å². The van der Waals surface area contributed by atoms with Crippen molar-refractivity contribution < 1.29 is 0 Å². The van der Waals surface area contributed by atoms with Crippen molar-refractivity contribution in [1.29, 1.82) is 0 Å². The van der Waals surface area contributed by atoms with E-state index in [0.29, 0.717) is 0 Å². The van der Waals surface area contributed by atoms with Gasteiger partial charge in [0.25, 0.3) is 0 Å². The van der Waals surface area contributed by atoms with E-state index in [9.17, 15) is 0 Å². The average Bonchev–Trinajstić information content (AvgIpc) is 1.35. The van der Waals surface area contributed by atoms with Gasteiger partial charge in [0.2, 0.25) is 0 Å². The summed E-state index contributed by atoms with van der Waals surface area (Å²) in [6.45, 7) is 6.95. The molecule has 0 saturated heterocycles. The zero-order valence-electron chi connectivity index (χ0n) is 5.00. The third-order valence-electron chi connectivity index (χ3n) is 0.750. The Morgan fingerprint density at radius 2 is 1.50 bits per heavy atom. The topological polar surface area (TPSA) is 12.0 Å². The fourth-order valence-corrected chi connectivity index (χ4v) is 0. The summed E-state index contributed by atoms with van der Waals surface area (Å²) in [5.41, 5.74) is 0. The van der Waals surface area contributed by atoms with Crippen molar-refractivity contribution in [3.8, 4) is 0 Å². The van der Waals surface area contributed by atoms with Crippen LogP contribution in [-0.4, -0.2) is 27.1 Å². The van der Waals surface area contributed by atoms with Gasteiger partial charge in [-0.2, -0.15) is 0 Å². The summed E-state index contributed by atoms with van der Waals surface area (Å²) in [6.07, 6.45) is 0. The molecule has 3 heteroatoms. The first kappa shape index (κ1) is 6.81. The molecule has 1 nitrogen and oxygen atoms in total. The SMILES string of the molecule is C[Si](C)(C)[NH][GaH2]. The molecule has 0 aromatic rings. The molecule has 0 bridgehead atoms. The molecule has 0 amide bonds. The molecule has 0 radical (unpaired) electrons. The number of hydrogen-bond acceptors (Lipinski definition) is 1. The van der Waals surface area contributed by atoms with Gasteiger partial charge in [0, 0.05) is 0 Å².